The standard InChI is InChI=1S/C13H15FN2O2S2/c1-2-9-3-4-10(19-9)8-16-20(17,18)11-5-6-12(14)13(15)7-11/h3-7,16H,2,8,15H2,1H3. The second-order valence-electron chi connectivity index (χ2n) is 4.23. The second kappa shape index (κ2) is 5.90. The number of sulfonamides is 1. The highest BCUT2D eigenvalue weighted by Gasteiger charge is 2.15. The molecule has 0 aliphatic heterocycles. The third-order valence-electron chi connectivity index (χ3n) is 2.78. The van der Waals surface area contributed by atoms with E-state index in [2.05, 4.69) is 4.72 Å². The minimum absolute atomic E-state index is 0.0383. The van der Waals surface area contributed by atoms with Gasteiger partial charge in [-0.05, 0) is 36.8 Å². The Kier molecular flexibility index (Phi) is 4.42. The lowest BCUT2D eigenvalue weighted by Gasteiger charge is -2.06. The molecule has 0 unspecified atom stereocenters. The van der Waals surface area contributed by atoms with Crippen LogP contribution in [0.2, 0.25) is 0 Å². The zero-order valence-corrected chi connectivity index (χ0v) is 12.5. The Morgan fingerprint density at radius 3 is 2.55 bits per heavy atom. The van der Waals surface area contributed by atoms with E-state index < -0.39 is 15.8 Å². The lowest BCUT2D eigenvalue weighted by Crippen LogP contribution is -2.23. The number of nitrogen functional groups attached to an aromatic ring is 1. The number of nitrogens with two attached hydrogens (primary N) is 1. The quantitative estimate of drug-likeness (QED) is 0.833. The van der Waals surface area contributed by atoms with Gasteiger partial charge in [0.15, 0.2) is 0 Å². The molecule has 7 heteroatoms. The molecule has 0 bridgehead atoms. The van der Waals surface area contributed by atoms with Crippen LogP contribution in [0.3, 0.4) is 0 Å². The third kappa shape index (κ3) is 3.36. The van der Waals surface area contributed by atoms with Crippen molar-refractivity contribution in [3.63, 3.8) is 0 Å². The lowest BCUT2D eigenvalue weighted by atomic mass is 10.3. The molecule has 0 saturated heterocycles. The van der Waals surface area contributed by atoms with Gasteiger partial charge in [-0.3, -0.25) is 0 Å². The van der Waals surface area contributed by atoms with E-state index in [0.29, 0.717) is 0 Å². The van der Waals surface area contributed by atoms with Crippen LogP contribution in [0.1, 0.15) is 16.7 Å². The first-order valence-electron chi connectivity index (χ1n) is 6.04. The number of hydrogen-bond acceptors (Lipinski definition) is 4. The summed E-state index contributed by atoms with van der Waals surface area (Å²) in [5, 5.41) is 0. The van der Waals surface area contributed by atoms with Crippen LogP contribution >= 0.6 is 11.3 Å². The highest BCUT2D eigenvalue weighted by Crippen LogP contribution is 2.19. The molecule has 2 rings (SSSR count). The Hall–Kier alpha value is -1.44. The van der Waals surface area contributed by atoms with Gasteiger partial charge in [0.2, 0.25) is 10.0 Å². The van der Waals surface area contributed by atoms with Crippen LogP contribution in [0, 0.1) is 5.82 Å². The van der Waals surface area contributed by atoms with Crippen molar-refractivity contribution in [2.45, 2.75) is 24.8 Å². The van der Waals surface area contributed by atoms with Gasteiger partial charge in [0, 0.05) is 16.3 Å². The van der Waals surface area contributed by atoms with Crippen molar-refractivity contribution < 1.29 is 12.8 Å². The van der Waals surface area contributed by atoms with E-state index in [-0.39, 0.29) is 17.1 Å². The molecule has 0 atom stereocenters. The predicted molar refractivity (Wildman–Crippen MR) is 78.5 cm³/mol. The van der Waals surface area contributed by atoms with Crippen molar-refractivity contribution in [2.24, 2.45) is 0 Å². The van der Waals surface area contributed by atoms with E-state index in [1.807, 2.05) is 19.1 Å². The molecule has 0 amide bonds. The van der Waals surface area contributed by atoms with Gasteiger partial charge < -0.3 is 5.73 Å². The van der Waals surface area contributed by atoms with Gasteiger partial charge in [-0.15, -0.1) is 11.3 Å². The predicted octanol–water partition coefficient (Wildman–Crippen LogP) is 2.51. The average Bonchev–Trinajstić information content (AvgIpc) is 2.87. The maximum absolute atomic E-state index is 13.0. The molecule has 3 N–H and O–H groups in total. The fourth-order valence-electron chi connectivity index (χ4n) is 1.65. The average molecular weight is 314 g/mol. The topological polar surface area (TPSA) is 72.2 Å². The van der Waals surface area contributed by atoms with Gasteiger partial charge in [0.1, 0.15) is 5.82 Å². The van der Waals surface area contributed by atoms with Crippen LogP contribution in [0.5, 0.6) is 0 Å². The fourth-order valence-corrected chi connectivity index (χ4v) is 3.68. The SMILES string of the molecule is CCc1ccc(CNS(=O)(=O)c2ccc(F)c(N)c2)s1. The molecule has 1 aromatic carbocycles. The van der Waals surface area contributed by atoms with Crippen LogP contribution < -0.4 is 10.5 Å². The first kappa shape index (κ1) is 15.0. The van der Waals surface area contributed by atoms with Crippen LogP contribution in [-0.4, -0.2) is 8.42 Å². The number of hydrogen-bond donors (Lipinski definition) is 2. The minimum atomic E-state index is -3.69. The Labute approximate surface area is 121 Å². The number of benzene rings is 1. The Morgan fingerprint density at radius 1 is 1.25 bits per heavy atom. The summed E-state index contributed by atoms with van der Waals surface area (Å²) in [6.45, 7) is 2.26. The third-order valence-corrected chi connectivity index (χ3v) is 5.41. The molecule has 0 saturated carbocycles. The lowest BCUT2D eigenvalue weighted by molar-refractivity contribution is 0.581. The molecule has 20 heavy (non-hydrogen) atoms. The molecule has 1 heterocycles. The number of anilines is 1. The molecule has 0 fully saturated rings. The van der Waals surface area contributed by atoms with E-state index >= 15 is 0 Å². The maximum atomic E-state index is 13.0. The van der Waals surface area contributed by atoms with Gasteiger partial charge in [-0.25, -0.2) is 17.5 Å². The van der Waals surface area contributed by atoms with E-state index in [1.165, 1.54) is 10.9 Å². The van der Waals surface area contributed by atoms with E-state index in [0.717, 1.165) is 23.4 Å². The molecule has 0 spiro atoms. The smallest absolute Gasteiger partial charge is 0.240 e. The summed E-state index contributed by atoms with van der Waals surface area (Å²) in [4.78, 5) is 2.09. The Balaban J connectivity index is 2.12. The van der Waals surface area contributed by atoms with Gasteiger partial charge in [0.05, 0.1) is 10.6 Å². The zero-order chi connectivity index (χ0) is 14.8. The van der Waals surface area contributed by atoms with Crippen molar-refractivity contribution in [2.75, 3.05) is 5.73 Å². The van der Waals surface area contributed by atoms with Gasteiger partial charge >= 0.3 is 0 Å². The summed E-state index contributed by atoms with van der Waals surface area (Å²) in [5.41, 5.74) is 5.20. The van der Waals surface area contributed by atoms with Crippen molar-refractivity contribution in [3.8, 4) is 0 Å². The maximum Gasteiger partial charge on any atom is 0.240 e. The molecule has 0 aliphatic rings. The van der Waals surface area contributed by atoms with Crippen LogP contribution in [0.4, 0.5) is 10.1 Å². The number of halogens is 1. The molecule has 108 valence electrons. The molecule has 0 aliphatic carbocycles. The fraction of sp³-hybridized carbons (Fsp3) is 0.231. The zero-order valence-electron chi connectivity index (χ0n) is 10.9. The molecule has 1 aromatic heterocycles. The van der Waals surface area contributed by atoms with Crippen molar-refractivity contribution in [1.82, 2.24) is 4.72 Å². The highest BCUT2D eigenvalue weighted by molar-refractivity contribution is 7.89. The Bertz CT molecular complexity index is 711. The van der Waals surface area contributed by atoms with Gasteiger partial charge in [-0.2, -0.15) is 0 Å². The Morgan fingerprint density at radius 2 is 1.95 bits per heavy atom. The van der Waals surface area contributed by atoms with E-state index in [4.69, 9.17) is 5.73 Å². The minimum Gasteiger partial charge on any atom is -0.396 e. The normalized spacial score (nSPS) is 11.7. The first-order chi connectivity index (χ1) is 9.42. The number of thiophene rings is 1. The highest BCUT2D eigenvalue weighted by atomic mass is 32.2. The molecular formula is C13H15FN2O2S2. The summed E-state index contributed by atoms with van der Waals surface area (Å²) in [6.07, 6.45) is 0.923. The first-order valence-corrected chi connectivity index (χ1v) is 8.34. The summed E-state index contributed by atoms with van der Waals surface area (Å²) < 4.78 is 39.6. The van der Waals surface area contributed by atoms with E-state index in [9.17, 15) is 12.8 Å². The number of aryl methyl sites for hydroxylation is 1. The van der Waals surface area contributed by atoms with Crippen molar-refractivity contribution in [3.05, 3.63) is 45.9 Å². The number of nitrogens with one attached hydrogen (secondary N) is 1. The second-order valence-corrected chi connectivity index (χ2v) is 7.25. The molecule has 4 nitrogen and oxygen atoms in total. The van der Waals surface area contributed by atoms with Gasteiger partial charge in [0.25, 0.3) is 0 Å². The van der Waals surface area contributed by atoms with Crippen LogP contribution in [0.15, 0.2) is 35.2 Å². The van der Waals surface area contributed by atoms with Crippen molar-refractivity contribution >= 4 is 27.0 Å². The summed E-state index contributed by atoms with van der Waals surface area (Å²) in [7, 11) is -3.69. The van der Waals surface area contributed by atoms with Crippen LogP contribution in [0.25, 0.3) is 0 Å². The van der Waals surface area contributed by atoms with Crippen molar-refractivity contribution in [1.29, 1.82) is 0 Å². The number of rotatable bonds is 5. The largest absolute Gasteiger partial charge is 0.396 e. The molecule has 0 radical (unpaired) electrons. The summed E-state index contributed by atoms with van der Waals surface area (Å²) in [6, 6.07) is 7.23. The van der Waals surface area contributed by atoms with Crippen LogP contribution in [-0.2, 0) is 23.0 Å². The van der Waals surface area contributed by atoms with E-state index in [1.54, 1.807) is 11.3 Å². The monoisotopic (exact) mass is 314 g/mol. The summed E-state index contributed by atoms with van der Waals surface area (Å²) >= 11 is 1.56. The summed E-state index contributed by atoms with van der Waals surface area (Å²) in [5.74, 6) is -0.630. The van der Waals surface area contributed by atoms with Gasteiger partial charge in [-0.1, -0.05) is 6.92 Å². The molecular weight excluding hydrogens is 299 g/mol. The molecule has 2 aromatic rings.